The molecule has 0 aliphatic carbocycles. The standard InChI is InChI=1S/C6H7FN2O/c7-5-1-6(2-8)9(3-5)4-10/h4-6H,1,3H2/t5-,6-/m0/s1. The van der Waals surface area contributed by atoms with Gasteiger partial charge in [0.05, 0.1) is 12.6 Å². The van der Waals surface area contributed by atoms with Crippen LogP contribution < -0.4 is 0 Å². The number of rotatable bonds is 1. The van der Waals surface area contributed by atoms with Crippen LogP contribution in [0.3, 0.4) is 0 Å². The summed E-state index contributed by atoms with van der Waals surface area (Å²) in [6.07, 6.45) is -0.335. The molecule has 1 aliphatic heterocycles. The summed E-state index contributed by atoms with van der Waals surface area (Å²) in [5, 5.41) is 8.37. The highest BCUT2D eigenvalue weighted by molar-refractivity contribution is 5.49. The molecule has 1 amide bonds. The highest BCUT2D eigenvalue weighted by Crippen LogP contribution is 2.17. The van der Waals surface area contributed by atoms with Crippen LogP contribution in [0.15, 0.2) is 0 Å². The highest BCUT2D eigenvalue weighted by Gasteiger charge is 2.30. The summed E-state index contributed by atoms with van der Waals surface area (Å²) in [6, 6.07) is 1.30. The summed E-state index contributed by atoms with van der Waals surface area (Å²) < 4.78 is 12.4. The maximum absolute atomic E-state index is 12.4. The number of likely N-dealkylation sites (tertiary alicyclic amines) is 1. The zero-order chi connectivity index (χ0) is 7.56. The van der Waals surface area contributed by atoms with E-state index in [1.54, 1.807) is 0 Å². The third-order valence-electron chi connectivity index (χ3n) is 1.57. The molecule has 3 nitrogen and oxygen atoms in total. The Labute approximate surface area is 58.0 Å². The lowest BCUT2D eigenvalue weighted by molar-refractivity contribution is -0.118. The van der Waals surface area contributed by atoms with Gasteiger partial charge in [-0.1, -0.05) is 0 Å². The molecular weight excluding hydrogens is 135 g/mol. The second kappa shape index (κ2) is 2.65. The van der Waals surface area contributed by atoms with Gasteiger partial charge in [-0.3, -0.25) is 4.79 Å². The fourth-order valence-corrected chi connectivity index (χ4v) is 1.05. The molecule has 0 radical (unpaired) electrons. The molecular formula is C6H7FN2O. The second-order valence-electron chi connectivity index (χ2n) is 2.28. The molecule has 1 aliphatic rings. The van der Waals surface area contributed by atoms with Gasteiger partial charge in [0.25, 0.3) is 0 Å². The summed E-state index contributed by atoms with van der Waals surface area (Å²) >= 11 is 0. The molecule has 1 heterocycles. The lowest BCUT2D eigenvalue weighted by atomic mass is 10.2. The molecule has 0 aromatic heterocycles. The van der Waals surface area contributed by atoms with Crippen LogP contribution in [0.2, 0.25) is 0 Å². The van der Waals surface area contributed by atoms with E-state index in [2.05, 4.69) is 0 Å². The molecule has 4 heteroatoms. The van der Waals surface area contributed by atoms with Crippen molar-refractivity contribution in [2.45, 2.75) is 18.6 Å². The molecule has 54 valence electrons. The van der Waals surface area contributed by atoms with Crippen molar-refractivity contribution in [1.29, 1.82) is 5.26 Å². The lowest BCUT2D eigenvalue weighted by Crippen LogP contribution is -2.26. The Morgan fingerprint density at radius 2 is 2.50 bits per heavy atom. The first-order valence-electron chi connectivity index (χ1n) is 3.02. The number of nitrogens with zero attached hydrogens (tertiary/aromatic N) is 2. The minimum absolute atomic E-state index is 0.0712. The Morgan fingerprint density at radius 3 is 2.90 bits per heavy atom. The van der Waals surface area contributed by atoms with E-state index in [4.69, 9.17) is 5.26 Å². The van der Waals surface area contributed by atoms with Crippen molar-refractivity contribution in [2.24, 2.45) is 0 Å². The van der Waals surface area contributed by atoms with E-state index in [-0.39, 0.29) is 13.0 Å². The first-order valence-corrected chi connectivity index (χ1v) is 3.02. The number of halogens is 1. The van der Waals surface area contributed by atoms with Crippen molar-refractivity contribution in [3.63, 3.8) is 0 Å². The Kier molecular flexibility index (Phi) is 1.86. The van der Waals surface area contributed by atoms with Crippen LogP contribution in [0.5, 0.6) is 0 Å². The first-order chi connectivity index (χ1) is 4.77. The van der Waals surface area contributed by atoms with E-state index in [1.165, 1.54) is 4.90 Å². The molecule has 2 atom stereocenters. The van der Waals surface area contributed by atoms with Crippen LogP contribution in [-0.4, -0.2) is 30.1 Å². The zero-order valence-electron chi connectivity index (χ0n) is 5.33. The van der Waals surface area contributed by atoms with Crippen LogP contribution in [0.25, 0.3) is 0 Å². The SMILES string of the molecule is N#C[C@@H]1C[C@H](F)CN1C=O. The Morgan fingerprint density at radius 1 is 1.80 bits per heavy atom. The van der Waals surface area contributed by atoms with Gasteiger partial charge in [-0.15, -0.1) is 0 Å². The Hall–Kier alpha value is -1.11. The molecule has 10 heavy (non-hydrogen) atoms. The van der Waals surface area contributed by atoms with E-state index < -0.39 is 12.2 Å². The highest BCUT2D eigenvalue weighted by atomic mass is 19.1. The van der Waals surface area contributed by atoms with Gasteiger partial charge in [-0.2, -0.15) is 5.26 Å². The number of carbonyl (C=O) groups is 1. The smallest absolute Gasteiger partial charge is 0.210 e. The topological polar surface area (TPSA) is 44.1 Å². The first kappa shape index (κ1) is 7.00. The Balaban J connectivity index is 2.59. The van der Waals surface area contributed by atoms with Crippen molar-refractivity contribution >= 4 is 6.41 Å². The van der Waals surface area contributed by atoms with Gasteiger partial charge >= 0.3 is 0 Å². The molecule has 0 aromatic rings. The molecule has 0 spiro atoms. The molecule has 1 fully saturated rings. The number of hydrogen-bond donors (Lipinski definition) is 0. The predicted octanol–water partition coefficient (Wildman–Crippen LogP) is 0.0788. The minimum atomic E-state index is -1.02. The number of amides is 1. The van der Waals surface area contributed by atoms with Crippen LogP contribution in [0, 0.1) is 11.3 Å². The van der Waals surface area contributed by atoms with Crippen molar-refractivity contribution in [1.82, 2.24) is 4.90 Å². The van der Waals surface area contributed by atoms with Gasteiger partial charge in [0.15, 0.2) is 0 Å². The minimum Gasteiger partial charge on any atom is -0.326 e. The molecule has 1 rings (SSSR count). The summed E-state index contributed by atoms with van der Waals surface area (Å²) in [6.45, 7) is 0.0712. The quantitative estimate of drug-likeness (QED) is 0.486. The van der Waals surface area contributed by atoms with E-state index in [0.717, 1.165) is 0 Å². The predicted molar refractivity (Wildman–Crippen MR) is 31.7 cm³/mol. The van der Waals surface area contributed by atoms with Crippen LogP contribution in [-0.2, 0) is 4.79 Å². The van der Waals surface area contributed by atoms with Gasteiger partial charge in [0.1, 0.15) is 12.2 Å². The summed E-state index contributed by atoms with van der Waals surface area (Å²) in [4.78, 5) is 11.3. The lowest BCUT2D eigenvalue weighted by Gasteiger charge is -2.10. The summed E-state index contributed by atoms with van der Waals surface area (Å²) in [7, 11) is 0. The summed E-state index contributed by atoms with van der Waals surface area (Å²) in [5.41, 5.74) is 0. The number of carbonyl (C=O) groups excluding carboxylic acids is 1. The third kappa shape index (κ3) is 1.08. The van der Waals surface area contributed by atoms with Crippen molar-refractivity contribution in [3.05, 3.63) is 0 Å². The van der Waals surface area contributed by atoms with Crippen molar-refractivity contribution in [2.75, 3.05) is 6.54 Å². The van der Waals surface area contributed by atoms with Gasteiger partial charge in [-0.05, 0) is 0 Å². The van der Waals surface area contributed by atoms with E-state index >= 15 is 0 Å². The maximum Gasteiger partial charge on any atom is 0.210 e. The van der Waals surface area contributed by atoms with Crippen LogP contribution in [0.1, 0.15) is 6.42 Å². The fraction of sp³-hybridized carbons (Fsp3) is 0.667. The van der Waals surface area contributed by atoms with E-state index in [9.17, 15) is 9.18 Å². The third-order valence-corrected chi connectivity index (χ3v) is 1.57. The van der Waals surface area contributed by atoms with E-state index in [1.807, 2.05) is 6.07 Å². The fourth-order valence-electron chi connectivity index (χ4n) is 1.05. The second-order valence-corrected chi connectivity index (χ2v) is 2.28. The van der Waals surface area contributed by atoms with Crippen LogP contribution in [0.4, 0.5) is 4.39 Å². The van der Waals surface area contributed by atoms with Crippen molar-refractivity contribution in [3.8, 4) is 6.07 Å². The number of alkyl halides is 1. The molecule has 0 saturated carbocycles. The van der Waals surface area contributed by atoms with E-state index in [0.29, 0.717) is 6.41 Å². The van der Waals surface area contributed by atoms with Crippen molar-refractivity contribution < 1.29 is 9.18 Å². The van der Waals surface area contributed by atoms with Gasteiger partial charge in [-0.25, -0.2) is 4.39 Å². The molecule has 0 bridgehead atoms. The van der Waals surface area contributed by atoms with Gasteiger partial charge < -0.3 is 4.90 Å². The number of nitriles is 1. The van der Waals surface area contributed by atoms with Gasteiger partial charge in [0.2, 0.25) is 6.41 Å². The Bertz CT molecular complexity index is 177. The normalized spacial score (nSPS) is 31.8. The molecule has 0 aromatic carbocycles. The maximum atomic E-state index is 12.4. The molecule has 0 N–H and O–H groups in total. The van der Waals surface area contributed by atoms with Crippen LogP contribution >= 0.6 is 0 Å². The summed E-state index contributed by atoms with van der Waals surface area (Å²) in [5.74, 6) is 0. The monoisotopic (exact) mass is 142 g/mol. The van der Waals surface area contributed by atoms with Gasteiger partial charge in [0, 0.05) is 6.42 Å². The largest absolute Gasteiger partial charge is 0.326 e. The average molecular weight is 142 g/mol. The molecule has 0 unspecified atom stereocenters. The number of hydrogen-bond acceptors (Lipinski definition) is 2. The molecule has 1 saturated heterocycles. The average Bonchev–Trinajstić information content (AvgIpc) is 2.30. The zero-order valence-corrected chi connectivity index (χ0v) is 5.33.